The highest BCUT2D eigenvalue weighted by Gasteiger charge is 2.30. The number of hydrogen-bond acceptors (Lipinski definition) is 8. The number of quaternary nitrogens is 1. The molecule has 1 atom stereocenters. The Hall–Kier alpha value is -4.09. The number of carbonyl (C=O) groups is 2. The molecule has 0 unspecified atom stereocenters. The average Bonchev–Trinajstić information content (AvgIpc) is 2.95. The molecule has 0 bridgehead atoms. The number of aliphatic carboxylic acids is 1. The zero-order valence-electron chi connectivity index (χ0n) is 24.3. The number of rotatable bonds is 16. The first-order valence-corrected chi connectivity index (χ1v) is 14.1. The fourth-order valence-electron chi connectivity index (χ4n) is 4.98. The third kappa shape index (κ3) is 9.78. The maximum absolute atomic E-state index is 13.1. The van der Waals surface area contributed by atoms with Crippen LogP contribution in [0, 0.1) is 0 Å². The maximum atomic E-state index is 13.1. The number of aryl methyl sites for hydroxylation is 2. The van der Waals surface area contributed by atoms with Crippen molar-refractivity contribution < 1.29 is 28.7 Å². The topological polar surface area (TPSA) is 163 Å². The van der Waals surface area contributed by atoms with Gasteiger partial charge in [-0.05, 0) is 48.2 Å². The Balaban J connectivity index is 1.75. The molecule has 0 aliphatic heterocycles. The highest BCUT2D eigenvalue weighted by molar-refractivity contribution is 6.31. The molecule has 3 aromatic rings. The van der Waals surface area contributed by atoms with Crippen LogP contribution in [-0.2, 0) is 17.6 Å². The number of likely N-dealkylation sites (N-methyl/N-ethyl adjacent to an activating group) is 1. The van der Waals surface area contributed by atoms with E-state index in [1.54, 1.807) is 14.2 Å². The standard InChI is InChI=1S/C30H39ClN6O5/c1-37(16-4-6-20-8-12-23(41-2)13-9-20,17-5-7-21-10-14-24(42-3)15-11-21)19-22(18-25(38)39)34-30(40)26-28(32)36-29(33)27(31)35-26/h8-15,22H,4-7,16-19H2,1-3H3,(H5-,32,33,34,36,38,39,40)/p+1/t22-/m1/s1. The maximum Gasteiger partial charge on any atom is 0.305 e. The van der Waals surface area contributed by atoms with E-state index in [1.165, 1.54) is 11.1 Å². The highest BCUT2D eigenvalue weighted by atomic mass is 35.5. The molecule has 0 saturated heterocycles. The van der Waals surface area contributed by atoms with Crippen LogP contribution >= 0.6 is 11.6 Å². The van der Waals surface area contributed by atoms with E-state index in [-0.39, 0.29) is 28.9 Å². The number of anilines is 2. The summed E-state index contributed by atoms with van der Waals surface area (Å²) < 4.78 is 11.1. The number of methoxy groups -OCH3 is 2. The third-order valence-electron chi connectivity index (χ3n) is 7.18. The van der Waals surface area contributed by atoms with Gasteiger partial charge in [-0.2, -0.15) is 0 Å². The molecule has 1 aromatic heterocycles. The molecular weight excluding hydrogens is 560 g/mol. The lowest BCUT2D eigenvalue weighted by Gasteiger charge is -2.38. The van der Waals surface area contributed by atoms with Crippen molar-refractivity contribution in [2.24, 2.45) is 0 Å². The number of carboxylic acids is 1. The summed E-state index contributed by atoms with van der Waals surface area (Å²) in [6.45, 7) is 1.94. The zero-order valence-corrected chi connectivity index (χ0v) is 25.1. The lowest BCUT2D eigenvalue weighted by Crippen LogP contribution is -2.55. The first-order valence-electron chi connectivity index (χ1n) is 13.7. The van der Waals surface area contributed by atoms with Crippen LogP contribution in [0.15, 0.2) is 48.5 Å². The summed E-state index contributed by atoms with van der Waals surface area (Å²) in [5, 5.41) is 12.3. The van der Waals surface area contributed by atoms with Crippen LogP contribution in [0.25, 0.3) is 0 Å². The number of benzene rings is 2. The normalized spacial score (nSPS) is 12.0. The molecule has 0 radical (unpaired) electrons. The van der Waals surface area contributed by atoms with Crippen molar-refractivity contribution in [1.82, 2.24) is 15.3 Å². The summed E-state index contributed by atoms with van der Waals surface area (Å²) in [5.41, 5.74) is 13.7. The summed E-state index contributed by atoms with van der Waals surface area (Å²) in [7, 11) is 5.37. The first-order chi connectivity index (χ1) is 20.0. The Kier molecular flexibility index (Phi) is 11.8. The fourth-order valence-corrected chi connectivity index (χ4v) is 5.10. The van der Waals surface area contributed by atoms with E-state index in [0.29, 0.717) is 11.0 Å². The van der Waals surface area contributed by atoms with E-state index in [2.05, 4.69) is 22.3 Å². The van der Waals surface area contributed by atoms with Crippen molar-refractivity contribution >= 4 is 35.1 Å². The van der Waals surface area contributed by atoms with Crippen LogP contribution in [-0.4, -0.2) is 78.4 Å². The summed E-state index contributed by atoms with van der Waals surface area (Å²) in [6, 6.07) is 15.2. The smallest absolute Gasteiger partial charge is 0.305 e. The number of nitrogens with two attached hydrogens (primary N) is 2. The molecule has 0 saturated carbocycles. The lowest BCUT2D eigenvalue weighted by atomic mass is 10.1. The van der Waals surface area contributed by atoms with Gasteiger partial charge in [-0.15, -0.1) is 0 Å². The second kappa shape index (κ2) is 15.2. The van der Waals surface area contributed by atoms with Gasteiger partial charge in [-0.25, -0.2) is 9.97 Å². The van der Waals surface area contributed by atoms with Crippen LogP contribution in [0.5, 0.6) is 11.5 Å². The van der Waals surface area contributed by atoms with Gasteiger partial charge in [-0.3, -0.25) is 9.59 Å². The Morgan fingerprint density at radius 1 is 0.905 bits per heavy atom. The minimum atomic E-state index is -1.03. The molecule has 226 valence electrons. The number of amides is 1. The first kappa shape index (κ1) is 32.4. The molecule has 1 amide bonds. The Bertz CT molecular complexity index is 1280. The summed E-state index contributed by atoms with van der Waals surface area (Å²) in [5.74, 6) is -0.352. The molecule has 3 rings (SSSR count). The average molecular weight is 600 g/mol. The van der Waals surface area contributed by atoms with Crippen molar-refractivity contribution in [1.29, 1.82) is 0 Å². The van der Waals surface area contributed by atoms with E-state index in [4.69, 9.17) is 32.5 Å². The number of aromatic nitrogens is 2. The van der Waals surface area contributed by atoms with Crippen LogP contribution in [0.3, 0.4) is 0 Å². The fraction of sp³-hybridized carbons (Fsp3) is 0.400. The van der Waals surface area contributed by atoms with Gasteiger partial charge in [0.1, 0.15) is 11.5 Å². The Morgan fingerprint density at radius 3 is 1.86 bits per heavy atom. The number of ether oxygens (including phenoxy) is 2. The van der Waals surface area contributed by atoms with E-state index in [9.17, 15) is 14.7 Å². The van der Waals surface area contributed by atoms with Crippen LogP contribution in [0.1, 0.15) is 40.9 Å². The van der Waals surface area contributed by atoms with E-state index in [1.807, 2.05) is 48.5 Å². The van der Waals surface area contributed by atoms with E-state index in [0.717, 1.165) is 50.3 Å². The van der Waals surface area contributed by atoms with Gasteiger partial charge in [0.25, 0.3) is 5.91 Å². The van der Waals surface area contributed by atoms with Gasteiger partial charge >= 0.3 is 5.97 Å². The molecule has 11 nitrogen and oxygen atoms in total. The predicted octanol–water partition coefficient (Wildman–Crippen LogP) is 3.60. The van der Waals surface area contributed by atoms with E-state index >= 15 is 0 Å². The highest BCUT2D eigenvalue weighted by Crippen LogP contribution is 2.20. The van der Waals surface area contributed by atoms with Gasteiger partial charge in [-0.1, -0.05) is 35.9 Å². The van der Waals surface area contributed by atoms with Crippen molar-refractivity contribution in [2.45, 2.75) is 38.1 Å². The van der Waals surface area contributed by atoms with Crippen LogP contribution in [0.2, 0.25) is 5.15 Å². The Morgan fingerprint density at radius 2 is 1.40 bits per heavy atom. The SMILES string of the molecule is COc1ccc(CCC[N+](C)(CCCc2ccc(OC)cc2)C[C@@H](CC(=O)O)NC(=O)c2nc(Cl)c(N)nc2N)cc1. The molecule has 6 N–H and O–H groups in total. The number of carboxylic acid groups (broad SMARTS) is 1. The summed E-state index contributed by atoms with van der Waals surface area (Å²) in [6.07, 6.45) is 3.16. The van der Waals surface area contributed by atoms with Crippen LogP contribution in [0.4, 0.5) is 11.6 Å². The quantitative estimate of drug-likeness (QED) is 0.180. The summed E-state index contributed by atoms with van der Waals surface area (Å²) in [4.78, 5) is 32.7. The van der Waals surface area contributed by atoms with Crippen molar-refractivity contribution in [3.8, 4) is 11.5 Å². The zero-order chi connectivity index (χ0) is 30.7. The van der Waals surface area contributed by atoms with Gasteiger partial charge < -0.3 is 35.8 Å². The molecule has 12 heteroatoms. The Labute approximate surface area is 251 Å². The van der Waals surface area contributed by atoms with Crippen molar-refractivity contribution in [2.75, 3.05) is 52.4 Å². The molecular formula is C30H40ClN6O5+. The van der Waals surface area contributed by atoms with Gasteiger partial charge in [0.15, 0.2) is 22.5 Å². The minimum absolute atomic E-state index is 0.0919. The largest absolute Gasteiger partial charge is 0.497 e. The van der Waals surface area contributed by atoms with E-state index < -0.39 is 17.9 Å². The number of nitrogens with one attached hydrogen (secondary N) is 1. The number of nitrogens with zero attached hydrogens (tertiary/aromatic N) is 3. The third-order valence-corrected chi connectivity index (χ3v) is 7.46. The molecule has 0 spiro atoms. The number of hydrogen-bond donors (Lipinski definition) is 4. The predicted molar refractivity (Wildman–Crippen MR) is 163 cm³/mol. The second-order valence-electron chi connectivity index (χ2n) is 10.6. The second-order valence-corrected chi connectivity index (χ2v) is 10.9. The summed E-state index contributed by atoms with van der Waals surface area (Å²) >= 11 is 5.96. The minimum Gasteiger partial charge on any atom is -0.497 e. The molecule has 1 heterocycles. The van der Waals surface area contributed by atoms with Crippen molar-refractivity contribution in [3.63, 3.8) is 0 Å². The molecule has 0 fully saturated rings. The number of carbonyl (C=O) groups excluding carboxylic acids is 1. The molecule has 0 aliphatic carbocycles. The van der Waals surface area contributed by atoms with Crippen molar-refractivity contribution in [3.05, 3.63) is 70.5 Å². The van der Waals surface area contributed by atoms with Crippen LogP contribution < -0.4 is 26.3 Å². The lowest BCUT2D eigenvalue weighted by molar-refractivity contribution is -0.911. The molecule has 42 heavy (non-hydrogen) atoms. The molecule has 2 aromatic carbocycles. The number of nitrogen functional groups attached to an aromatic ring is 2. The van der Waals surface area contributed by atoms with Gasteiger partial charge in [0, 0.05) is 12.8 Å². The molecule has 0 aliphatic rings. The monoisotopic (exact) mass is 599 g/mol. The number of halogens is 1. The van der Waals surface area contributed by atoms with Gasteiger partial charge in [0.05, 0.1) is 53.4 Å². The van der Waals surface area contributed by atoms with Gasteiger partial charge in [0.2, 0.25) is 0 Å².